The lowest BCUT2D eigenvalue weighted by Gasteiger charge is -2.08. The molecular weight excluding hydrogens is 320 g/mol. The highest BCUT2D eigenvalue weighted by Crippen LogP contribution is 2.17. The zero-order valence-electron chi connectivity index (χ0n) is 14.2. The molecule has 25 heavy (non-hydrogen) atoms. The Hall–Kier alpha value is -3.08. The first-order valence-electron chi connectivity index (χ1n) is 7.75. The van der Waals surface area contributed by atoms with Crippen LogP contribution in [-0.2, 0) is 25.7 Å². The molecule has 0 atom stereocenters. The van der Waals surface area contributed by atoms with Crippen molar-refractivity contribution in [3.63, 3.8) is 0 Å². The van der Waals surface area contributed by atoms with Crippen LogP contribution in [0.25, 0.3) is 6.08 Å². The maximum Gasteiger partial charge on any atom is 0.334 e. The highest BCUT2D eigenvalue weighted by atomic mass is 16.5. The Morgan fingerprint density at radius 2 is 1.64 bits per heavy atom. The summed E-state index contributed by atoms with van der Waals surface area (Å²) < 4.78 is 15.1. The summed E-state index contributed by atoms with van der Waals surface area (Å²) in [7, 11) is 2.86. The fraction of sp³-hybridized carbons (Fsp3) is 0.200. The minimum absolute atomic E-state index is 0.140. The molecular formula is C20H20O5. The topological polar surface area (TPSA) is 61.8 Å². The first kappa shape index (κ1) is 18.3. The minimum atomic E-state index is -0.551. The molecule has 0 saturated heterocycles. The summed E-state index contributed by atoms with van der Waals surface area (Å²) in [6.45, 7) is 0.140. The Morgan fingerprint density at radius 1 is 0.960 bits per heavy atom. The quantitative estimate of drug-likeness (QED) is 0.571. The van der Waals surface area contributed by atoms with Crippen LogP contribution in [0.4, 0.5) is 0 Å². The monoisotopic (exact) mass is 340 g/mol. The standard InChI is InChI=1S/C20H20O5/c1-23-18-10-8-15(9-11-18)12-17(13-19(21)24-2)20(22)25-14-16-6-4-3-5-7-16/h3-12H,13-14H2,1-2H3/b17-12+. The second kappa shape index (κ2) is 9.27. The molecule has 5 nitrogen and oxygen atoms in total. The molecule has 0 fully saturated rings. The van der Waals surface area contributed by atoms with Crippen LogP contribution in [-0.4, -0.2) is 26.2 Å². The Kier molecular flexibility index (Phi) is 6.77. The van der Waals surface area contributed by atoms with Crippen molar-refractivity contribution in [1.29, 1.82) is 0 Å². The number of hydrogen-bond acceptors (Lipinski definition) is 5. The summed E-state index contributed by atoms with van der Waals surface area (Å²) in [4.78, 5) is 24.0. The summed E-state index contributed by atoms with van der Waals surface area (Å²) in [5.41, 5.74) is 1.86. The van der Waals surface area contributed by atoms with Gasteiger partial charge in [-0.2, -0.15) is 0 Å². The zero-order valence-corrected chi connectivity index (χ0v) is 14.2. The molecule has 0 aliphatic heterocycles. The average molecular weight is 340 g/mol. The van der Waals surface area contributed by atoms with Crippen LogP contribution in [0.3, 0.4) is 0 Å². The van der Waals surface area contributed by atoms with Crippen molar-refractivity contribution in [3.8, 4) is 5.75 Å². The third kappa shape index (κ3) is 5.80. The number of benzene rings is 2. The van der Waals surface area contributed by atoms with Gasteiger partial charge in [0, 0.05) is 5.57 Å². The Labute approximate surface area is 146 Å². The van der Waals surface area contributed by atoms with E-state index in [2.05, 4.69) is 4.74 Å². The number of carbonyl (C=O) groups is 2. The third-order valence-corrected chi connectivity index (χ3v) is 3.49. The molecule has 0 aliphatic rings. The van der Waals surface area contributed by atoms with Crippen LogP contribution >= 0.6 is 0 Å². The lowest BCUT2D eigenvalue weighted by atomic mass is 10.1. The first-order valence-corrected chi connectivity index (χ1v) is 7.75. The molecule has 2 rings (SSSR count). The van der Waals surface area contributed by atoms with Crippen molar-refractivity contribution < 1.29 is 23.8 Å². The highest BCUT2D eigenvalue weighted by molar-refractivity contribution is 5.98. The zero-order chi connectivity index (χ0) is 18.1. The first-order chi connectivity index (χ1) is 12.1. The van der Waals surface area contributed by atoms with Crippen molar-refractivity contribution in [2.24, 2.45) is 0 Å². The molecule has 0 bridgehead atoms. The smallest absolute Gasteiger partial charge is 0.334 e. The van der Waals surface area contributed by atoms with Gasteiger partial charge in [-0.1, -0.05) is 42.5 Å². The number of esters is 2. The van der Waals surface area contributed by atoms with E-state index in [1.54, 1.807) is 37.5 Å². The Bertz CT molecular complexity index is 732. The van der Waals surface area contributed by atoms with Gasteiger partial charge in [0.1, 0.15) is 12.4 Å². The van der Waals surface area contributed by atoms with Crippen molar-refractivity contribution >= 4 is 18.0 Å². The normalized spacial score (nSPS) is 10.9. The van der Waals surface area contributed by atoms with E-state index in [0.29, 0.717) is 5.75 Å². The van der Waals surface area contributed by atoms with Crippen LogP contribution in [0.5, 0.6) is 5.75 Å². The van der Waals surface area contributed by atoms with Crippen molar-refractivity contribution in [1.82, 2.24) is 0 Å². The molecule has 0 radical (unpaired) electrons. The van der Waals surface area contributed by atoms with Gasteiger partial charge in [0.25, 0.3) is 0 Å². The largest absolute Gasteiger partial charge is 0.497 e. The Morgan fingerprint density at radius 3 is 2.24 bits per heavy atom. The molecule has 2 aromatic rings. The van der Waals surface area contributed by atoms with Crippen LogP contribution in [0, 0.1) is 0 Å². The average Bonchev–Trinajstić information content (AvgIpc) is 2.66. The Balaban J connectivity index is 2.14. The molecule has 0 spiro atoms. The second-order valence-electron chi connectivity index (χ2n) is 5.26. The molecule has 0 aliphatic carbocycles. The van der Waals surface area contributed by atoms with Crippen molar-refractivity contribution in [2.75, 3.05) is 14.2 Å². The summed E-state index contributed by atoms with van der Waals surface area (Å²) in [6.07, 6.45) is 1.46. The van der Waals surface area contributed by atoms with Crippen LogP contribution < -0.4 is 4.74 Å². The van der Waals surface area contributed by atoms with E-state index in [0.717, 1.165) is 11.1 Å². The van der Waals surface area contributed by atoms with E-state index in [-0.39, 0.29) is 18.6 Å². The van der Waals surface area contributed by atoms with E-state index in [4.69, 9.17) is 9.47 Å². The maximum absolute atomic E-state index is 12.4. The van der Waals surface area contributed by atoms with Crippen LogP contribution in [0.15, 0.2) is 60.2 Å². The molecule has 2 aromatic carbocycles. The van der Waals surface area contributed by atoms with Crippen molar-refractivity contribution in [2.45, 2.75) is 13.0 Å². The lowest BCUT2D eigenvalue weighted by molar-refractivity contribution is -0.145. The van der Waals surface area contributed by atoms with Gasteiger partial charge < -0.3 is 14.2 Å². The summed E-state index contributed by atoms with van der Waals surface area (Å²) in [5, 5.41) is 0. The van der Waals surface area contributed by atoms with Crippen LogP contribution in [0.1, 0.15) is 17.5 Å². The molecule has 0 aromatic heterocycles. The fourth-order valence-electron chi connectivity index (χ4n) is 2.13. The number of ether oxygens (including phenoxy) is 3. The molecule has 0 heterocycles. The highest BCUT2D eigenvalue weighted by Gasteiger charge is 2.16. The lowest BCUT2D eigenvalue weighted by Crippen LogP contribution is -2.12. The van der Waals surface area contributed by atoms with E-state index in [9.17, 15) is 9.59 Å². The predicted octanol–water partition coefficient (Wildman–Crippen LogP) is 3.39. The van der Waals surface area contributed by atoms with Gasteiger partial charge in [-0.3, -0.25) is 4.79 Å². The summed E-state index contributed by atoms with van der Waals surface area (Å²) >= 11 is 0. The van der Waals surface area contributed by atoms with E-state index in [1.165, 1.54) is 7.11 Å². The van der Waals surface area contributed by atoms with Gasteiger partial charge >= 0.3 is 11.9 Å². The van der Waals surface area contributed by atoms with Gasteiger partial charge in [-0.15, -0.1) is 0 Å². The number of carbonyl (C=O) groups excluding carboxylic acids is 2. The van der Waals surface area contributed by atoms with E-state index >= 15 is 0 Å². The molecule has 0 unspecified atom stereocenters. The SMILES string of the molecule is COC(=O)C/C(=C\c1ccc(OC)cc1)C(=O)OCc1ccccc1. The molecule has 0 N–H and O–H groups in total. The molecule has 0 amide bonds. The van der Waals surface area contributed by atoms with Gasteiger partial charge in [0.15, 0.2) is 0 Å². The van der Waals surface area contributed by atoms with E-state index in [1.807, 2.05) is 30.3 Å². The van der Waals surface area contributed by atoms with Gasteiger partial charge in [-0.05, 0) is 29.3 Å². The van der Waals surface area contributed by atoms with Crippen LogP contribution in [0.2, 0.25) is 0 Å². The molecule has 5 heteroatoms. The number of hydrogen-bond donors (Lipinski definition) is 0. The third-order valence-electron chi connectivity index (χ3n) is 3.49. The fourth-order valence-corrected chi connectivity index (χ4v) is 2.13. The molecule has 0 saturated carbocycles. The second-order valence-corrected chi connectivity index (χ2v) is 5.26. The summed E-state index contributed by atoms with van der Waals surface area (Å²) in [6, 6.07) is 16.5. The van der Waals surface area contributed by atoms with Gasteiger partial charge in [-0.25, -0.2) is 4.79 Å². The minimum Gasteiger partial charge on any atom is -0.497 e. The van der Waals surface area contributed by atoms with Crippen molar-refractivity contribution in [3.05, 3.63) is 71.3 Å². The number of methoxy groups -OCH3 is 2. The number of rotatable bonds is 7. The van der Waals surface area contributed by atoms with E-state index < -0.39 is 11.9 Å². The van der Waals surface area contributed by atoms with Gasteiger partial charge in [0.05, 0.1) is 20.6 Å². The predicted molar refractivity (Wildman–Crippen MR) is 93.8 cm³/mol. The maximum atomic E-state index is 12.4. The van der Waals surface area contributed by atoms with Gasteiger partial charge in [0.2, 0.25) is 0 Å². The summed E-state index contributed by atoms with van der Waals surface area (Å²) in [5.74, 6) is -0.347. The molecule has 130 valence electrons.